The van der Waals surface area contributed by atoms with Crippen molar-refractivity contribution in [3.8, 4) is 0 Å². The van der Waals surface area contributed by atoms with Crippen LogP contribution in [0.4, 0.5) is 10.1 Å². The number of hydrogen-bond acceptors (Lipinski definition) is 4. The first-order valence-corrected chi connectivity index (χ1v) is 7.34. The molecule has 0 saturated carbocycles. The van der Waals surface area contributed by atoms with Gasteiger partial charge in [0.25, 0.3) is 5.91 Å². The molecule has 0 atom stereocenters. The lowest BCUT2D eigenvalue weighted by atomic mass is 10.1. The van der Waals surface area contributed by atoms with Crippen molar-refractivity contribution >= 4 is 24.0 Å². The van der Waals surface area contributed by atoms with Crippen LogP contribution in [-0.4, -0.2) is 34.0 Å². The molecule has 1 aromatic heterocycles. The van der Waals surface area contributed by atoms with Crippen molar-refractivity contribution in [2.24, 2.45) is 0 Å². The summed E-state index contributed by atoms with van der Waals surface area (Å²) in [6.45, 7) is 3.50. The molecule has 0 bridgehead atoms. The number of nitrogens with one attached hydrogen (secondary N) is 2. The van der Waals surface area contributed by atoms with Gasteiger partial charge in [-0.05, 0) is 45.0 Å². The Kier molecular flexibility index (Phi) is 5.68. The minimum Gasteiger partial charge on any atom is -0.320 e. The minimum atomic E-state index is -0.381. The molecule has 0 spiro atoms. The number of carbonyl (C=O) groups excluding carboxylic acids is 1. The van der Waals surface area contributed by atoms with E-state index in [1.165, 1.54) is 6.07 Å². The van der Waals surface area contributed by atoms with Crippen LogP contribution in [0.25, 0.3) is 0 Å². The molecule has 1 aliphatic rings. The summed E-state index contributed by atoms with van der Waals surface area (Å²) in [7, 11) is 0. The van der Waals surface area contributed by atoms with Crippen LogP contribution in [-0.2, 0) is 0 Å². The SMILES string of the molecule is Cc1c(F)cccc1NC(=O)c1cn(C2CCNCC2)nn1.Cl. The average molecular weight is 340 g/mol. The summed E-state index contributed by atoms with van der Waals surface area (Å²) in [5, 5.41) is 13.9. The number of benzene rings is 1. The molecule has 1 fully saturated rings. The maximum Gasteiger partial charge on any atom is 0.277 e. The Bertz CT molecular complexity index is 684. The lowest BCUT2D eigenvalue weighted by molar-refractivity contribution is 0.102. The molecule has 3 rings (SSSR count). The predicted octanol–water partition coefficient (Wildman–Crippen LogP) is 2.32. The van der Waals surface area contributed by atoms with E-state index in [2.05, 4.69) is 20.9 Å². The monoisotopic (exact) mass is 339 g/mol. The topological polar surface area (TPSA) is 71.8 Å². The van der Waals surface area contributed by atoms with Gasteiger partial charge in [-0.1, -0.05) is 11.3 Å². The van der Waals surface area contributed by atoms with Gasteiger partial charge in [0, 0.05) is 11.3 Å². The Morgan fingerprint density at radius 2 is 2.13 bits per heavy atom. The lowest BCUT2D eigenvalue weighted by Gasteiger charge is -2.22. The van der Waals surface area contributed by atoms with Gasteiger partial charge in [-0.25, -0.2) is 9.07 Å². The quantitative estimate of drug-likeness (QED) is 0.900. The Hall–Kier alpha value is -1.99. The van der Waals surface area contributed by atoms with Crippen LogP contribution < -0.4 is 10.6 Å². The first-order chi connectivity index (χ1) is 10.6. The standard InChI is InChI=1S/C15H18FN5O.ClH/c1-10-12(16)3-2-4-13(10)18-15(22)14-9-21(20-19-14)11-5-7-17-8-6-11;/h2-4,9,11,17H,5-8H2,1H3,(H,18,22);1H. The van der Waals surface area contributed by atoms with E-state index < -0.39 is 0 Å². The van der Waals surface area contributed by atoms with Crippen molar-refractivity contribution in [1.82, 2.24) is 20.3 Å². The van der Waals surface area contributed by atoms with Crippen LogP contribution in [0.1, 0.15) is 34.9 Å². The highest BCUT2D eigenvalue weighted by atomic mass is 35.5. The van der Waals surface area contributed by atoms with Crippen molar-refractivity contribution in [3.05, 3.63) is 41.5 Å². The Morgan fingerprint density at radius 1 is 1.39 bits per heavy atom. The van der Waals surface area contributed by atoms with Gasteiger partial charge in [0.15, 0.2) is 5.69 Å². The molecule has 0 aliphatic carbocycles. The lowest BCUT2D eigenvalue weighted by Crippen LogP contribution is -2.29. The second kappa shape index (κ2) is 7.52. The fraction of sp³-hybridized carbons (Fsp3) is 0.400. The van der Waals surface area contributed by atoms with Crippen molar-refractivity contribution < 1.29 is 9.18 Å². The third kappa shape index (κ3) is 3.86. The molecule has 1 amide bonds. The molecule has 0 unspecified atom stereocenters. The van der Waals surface area contributed by atoms with E-state index in [9.17, 15) is 9.18 Å². The van der Waals surface area contributed by atoms with E-state index >= 15 is 0 Å². The fourth-order valence-corrected chi connectivity index (χ4v) is 2.56. The van der Waals surface area contributed by atoms with Gasteiger partial charge in [-0.3, -0.25) is 4.79 Å². The van der Waals surface area contributed by atoms with Crippen molar-refractivity contribution in [3.63, 3.8) is 0 Å². The molecule has 23 heavy (non-hydrogen) atoms. The smallest absolute Gasteiger partial charge is 0.277 e. The Morgan fingerprint density at radius 3 is 2.87 bits per heavy atom. The molecule has 6 nitrogen and oxygen atoms in total. The van der Waals surface area contributed by atoms with Gasteiger partial charge < -0.3 is 10.6 Å². The number of rotatable bonds is 3. The van der Waals surface area contributed by atoms with Crippen LogP contribution in [0.3, 0.4) is 0 Å². The number of hydrogen-bond donors (Lipinski definition) is 2. The van der Waals surface area contributed by atoms with Crippen LogP contribution in [0.5, 0.6) is 0 Å². The zero-order valence-corrected chi connectivity index (χ0v) is 13.6. The summed E-state index contributed by atoms with van der Waals surface area (Å²) in [6.07, 6.45) is 3.58. The number of amides is 1. The summed E-state index contributed by atoms with van der Waals surface area (Å²) in [5.41, 5.74) is 1.09. The second-order valence-corrected chi connectivity index (χ2v) is 5.43. The maximum atomic E-state index is 13.5. The molecule has 0 radical (unpaired) electrons. The highest BCUT2D eigenvalue weighted by molar-refractivity contribution is 6.03. The van der Waals surface area contributed by atoms with E-state index in [4.69, 9.17) is 0 Å². The van der Waals surface area contributed by atoms with Crippen LogP contribution >= 0.6 is 12.4 Å². The third-order valence-corrected chi connectivity index (χ3v) is 3.94. The first-order valence-electron chi connectivity index (χ1n) is 7.34. The predicted molar refractivity (Wildman–Crippen MR) is 87.5 cm³/mol. The normalized spacial score (nSPS) is 15.0. The van der Waals surface area contributed by atoms with Crippen molar-refractivity contribution in [1.29, 1.82) is 0 Å². The van der Waals surface area contributed by atoms with Crippen LogP contribution in [0.15, 0.2) is 24.4 Å². The highest BCUT2D eigenvalue weighted by Crippen LogP contribution is 2.19. The second-order valence-electron chi connectivity index (χ2n) is 5.43. The van der Waals surface area contributed by atoms with E-state index in [1.807, 2.05) is 0 Å². The molecule has 124 valence electrons. The van der Waals surface area contributed by atoms with E-state index in [1.54, 1.807) is 29.9 Å². The fourth-order valence-electron chi connectivity index (χ4n) is 2.56. The number of anilines is 1. The van der Waals surface area contributed by atoms with Gasteiger partial charge in [0.05, 0.1) is 12.2 Å². The Labute approximate surface area is 139 Å². The molecule has 1 aromatic carbocycles. The average Bonchev–Trinajstić information content (AvgIpc) is 3.03. The molecular weight excluding hydrogens is 321 g/mol. The molecule has 2 heterocycles. The molecule has 1 aliphatic heterocycles. The Balaban J connectivity index is 0.00000192. The molecule has 2 N–H and O–H groups in total. The number of halogens is 2. The summed E-state index contributed by atoms with van der Waals surface area (Å²) in [6, 6.07) is 4.85. The maximum absolute atomic E-state index is 13.5. The van der Waals surface area contributed by atoms with Gasteiger partial charge in [-0.2, -0.15) is 0 Å². The van der Waals surface area contributed by atoms with E-state index in [-0.39, 0.29) is 35.9 Å². The zero-order valence-electron chi connectivity index (χ0n) is 12.8. The molecule has 2 aromatic rings. The molecular formula is C15H19ClFN5O. The number of nitrogens with zero attached hydrogens (tertiary/aromatic N) is 3. The van der Waals surface area contributed by atoms with E-state index in [0.717, 1.165) is 25.9 Å². The number of carbonyl (C=O) groups is 1. The largest absolute Gasteiger partial charge is 0.320 e. The van der Waals surface area contributed by atoms with Gasteiger partial charge >= 0.3 is 0 Å². The summed E-state index contributed by atoms with van der Waals surface area (Å²) in [4.78, 5) is 12.2. The third-order valence-electron chi connectivity index (χ3n) is 3.94. The molecule has 1 saturated heterocycles. The summed E-state index contributed by atoms with van der Waals surface area (Å²) >= 11 is 0. The number of aromatic nitrogens is 3. The number of piperidine rings is 1. The van der Waals surface area contributed by atoms with Crippen LogP contribution in [0, 0.1) is 12.7 Å². The molecule has 8 heteroatoms. The first kappa shape index (κ1) is 17.4. The van der Waals surface area contributed by atoms with Gasteiger partial charge in [0.1, 0.15) is 5.82 Å². The zero-order chi connectivity index (χ0) is 15.5. The van der Waals surface area contributed by atoms with Crippen LogP contribution in [0.2, 0.25) is 0 Å². The summed E-state index contributed by atoms with van der Waals surface area (Å²) < 4.78 is 15.2. The van der Waals surface area contributed by atoms with Gasteiger partial charge in [0.2, 0.25) is 0 Å². The van der Waals surface area contributed by atoms with Crippen molar-refractivity contribution in [2.75, 3.05) is 18.4 Å². The highest BCUT2D eigenvalue weighted by Gasteiger charge is 2.19. The van der Waals surface area contributed by atoms with Gasteiger partial charge in [-0.15, -0.1) is 17.5 Å². The van der Waals surface area contributed by atoms with Crippen molar-refractivity contribution in [2.45, 2.75) is 25.8 Å². The minimum absolute atomic E-state index is 0. The van der Waals surface area contributed by atoms with E-state index in [0.29, 0.717) is 11.3 Å². The summed E-state index contributed by atoms with van der Waals surface area (Å²) in [5.74, 6) is -0.731.